The van der Waals surface area contributed by atoms with Gasteiger partial charge in [0, 0.05) is 30.9 Å². The Hall–Kier alpha value is -1.94. The highest BCUT2D eigenvalue weighted by Gasteiger charge is 2.16. The van der Waals surface area contributed by atoms with Gasteiger partial charge >= 0.3 is 0 Å². The molecule has 4 nitrogen and oxygen atoms in total. The quantitative estimate of drug-likeness (QED) is 0.784. The molecule has 4 heteroatoms. The van der Waals surface area contributed by atoms with Crippen molar-refractivity contribution in [2.45, 2.75) is 32.4 Å². The molecule has 104 valence electrons. The SMILES string of the molecule is O=C1CCCc2cc(COCCn3ccnc3)ccc21. The van der Waals surface area contributed by atoms with E-state index < -0.39 is 0 Å². The molecule has 1 aromatic carbocycles. The molecular formula is C16H18N2O2. The van der Waals surface area contributed by atoms with Crippen LogP contribution in [0.4, 0.5) is 0 Å². The van der Waals surface area contributed by atoms with Crippen LogP contribution in [0.2, 0.25) is 0 Å². The van der Waals surface area contributed by atoms with Crippen LogP contribution in [0.3, 0.4) is 0 Å². The minimum Gasteiger partial charge on any atom is -0.375 e. The lowest BCUT2D eigenvalue weighted by molar-refractivity contribution is 0.0971. The van der Waals surface area contributed by atoms with Gasteiger partial charge in [0.25, 0.3) is 0 Å². The number of ketones is 1. The number of rotatable bonds is 5. The number of aryl methyl sites for hydroxylation is 1. The lowest BCUT2D eigenvalue weighted by Crippen LogP contribution is -2.11. The second-order valence-electron chi connectivity index (χ2n) is 5.12. The second-order valence-corrected chi connectivity index (χ2v) is 5.12. The Bertz CT molecular complexity index is 591. The van der Waals surface area contributed by atoms with Crippen molar-refractivity contribution in [2.24, 2.45) is 0 Å². The number of aromatic nitrogens is 2. The maximum Gasteiger partial charge on any atom is 0.163 e. The molecule has 20 heavy (non-hydrogen) atoms. The van der Waals surface area contributed by atoms with Gasteiger partial charge in [0.15, 0.2) is 5.78 Å². The van der Waals surface area contributed by atoms with E-state index in [4.69, 9.17) is 4.74 Å². The van der Waals surface area contributed by atoms with Gasteiger partial charge in [0.2, 0.25) is 0 Å². The van der Waals surface area contributed by atoms with Crippen LogP contribution in [-0.2, 0) is 24.3 Å². The summed E-state index contributed by atoms with van der Waals surface area (Å²) < 4.78 is 7.67. The van der Waals surface area contributed by atoms with E-state index in [-0.39, 0.29) is 5.78 Å². The van der Waals surface area contributed by atoms with Crippen molar-refractivity contribution in [1.29, 1.82) is 0 Å². The van der Waals surface area contributed by atoms with E-state index in [0.717, 1.165) is 30.5 Å². The van der Waals surface area contributed by atoms with Crippen molar-refractivity contribution in [3.05, 3.63) is 53.6 Å². The first kappa shape index (κ1) is 13.1. The first-order valence-electron chi connectivity index (χ1n) is 7.01. The predicted molar refractivity (Wildman–Crippen MR) is 75.6 cm³/mol. The standard InChI is InChI=1S/C16H18N2O2/c19-16-3-1-2-14-10-13(4-5-15(14)16)11-20-9-8-18-7-6-17-12-18/h4-7,10,12H,1-3,8-9,11H2. The number of nitrogens with zero attached hydrogens (tertiary/aromatic N) is 2. The van der Waals surface area contributed by atoms with Gasteiger partial charge in [-0.05, 0) is 24.0 Å². The van der Waals surface area contributed by atoms with E-state index in [1.165, 1.54) is 5.56 Å². The largest absolute Gasteiger partial charge is 0.375 e. The number of ether oxygens (including phenoxy) is 1. The summed E-state index contributed by atoms with van der Waals surface area (Å²) in [7, 11) is 0. The van der Waals surface area contributed by atoms with Crippen molar-refractivity contribution >= 4 is 5.78 Å². The van der Waals surface area contributed by atoms with Crippen molar-refractivity contribution in [2.75, 3.05) is 6.61 Å². The molecule has 0 saturated heterocycles. The number of fused-ring (bicyclic) bond motifs is 1. The summed E-state index contributed by atoms with van der Waals surface area (Å²) in [5.74, 6) is 0.277. The monoisotopic (exact) mass is 270 g/mol. The molecule has 0 atom stereocenters. The average molecular weight is 270 g/mol. The third-order valence-electron chi connectivity index (χ3n) is 3.64. The highest BCUT2D eigenvalue weighted by Crippen LogP contribution is 2.22. The number of hydrogen-bond donors (Lipinski definition) is 0. The summed E-state index contributed by atoms with van der Waals surface area (Å²) in [4.78, 5) is 15.7. The Labute approximate surface area is 118 Å². The smallest absolute Gasteiger partial charge is 0.163 e. The summed E-state index contributed by atoms with van der Waals surface area (Å²) in [5.41, 5.74) is 3.22. The van der Waals surface area contributed by atoms with E-state index in [1.807, 2.05) is 22.9 Å². The van der Waals surface area contributed by atoms with Crippen LogP contribution in [-0.4, -0.2) is 21.9 Å². The Balaban J connectivity index is 1.54. The molecule has 0 N–H and O–H groups in total. The molecular weight excluding hydrogens is 252 g/mol. The average Bonchev–Trinajstić information content (AvgIpc) is 2.97. The summed E-state index contributed by atoms with van der Waals surface area (Å²) in [6.45, 7) is 2.06. The summed E-state index contributed by atoms with van der Waals surface area (Å²) in [6, 6.07) is 6.06. The third kappa shape index (κ3) is 2.96. The molecule has 2 aromatic rings. The Kier molecular flexibility index (Phi) is 3.92. The molecule has 0 amide bonds. The first-order valence-corrected chi connectivity index (χ1v) is 7.01. The van der Waals surface area contributed by atoms with Crippen LogP contribution in [0, 0.1) is 0 Å². The number of hydrogen-bond acceptors (Lipinski definition) is 3. The highest BCUT2D eigenvalue weighted by molar-refractivity contribution is 5.98. The van der Waals surface area contributed by atoms with Gasteiger partial charge in [0.1, 0.15) is 0 Å². The minimum atomic E-state index is 0.277. The van der Waals surface area contributed by atoms with Gasteiger partial charge in [-0.1, -0.05) is 18.2 Å². The van der Waals surface area contributed by atoms with Gasteiger partial charge in [-0.15, -0.1) is 0 Å². The second kappa shape index (κ2) is 6.01. The van der Waals surface area contributed by atoms with Crippen molar-refractivity contribution in [1.82, 2.24) is 9.55 Å². The van der Waals surface area contributed by atoms with Gasteiger partial charge in [-0.2, -0.15) is 0 Å². The van der Waals surface area contributed by atoms with E-state index in [0.29, 0.717) is 19.6 Å². The lowest BCUT2D eigenvalue weighted by Gasteiger charge is -2.15. The van der Waals surface area contributed by atoms with Crippen LogP contribution in [0.15, 0.2) is 36.9 Å². The number of carbonyl (C=O) groups excluding carboxylic acids is 1. The number of imidazole rings is 1. The van der Waals surface area contributed by atoms with Gasteiger partial charge in [0.05, 0.1) is 19.5 Å². The molecule has 1 aliphatic carbocycles. The predicted octanol–water partition coefficient (Wildman–Crippen LogP) is 2.62. The van der Waals surface area contributed by atoms with Crippen LogP contribution >= 0.6 is 0 Å². The molecule has 0 unspecified atom stereocenters. The zero-order valence-corrected chi connectivity index (χ0v) is 11.4. The zero-order chi connectivity index (χ0) is 13.8. The Morgan fingerprint density at radius 3 is 3.10 bits per heavy atom. The molecule has 3 rings (SSSR count). The maximum absolute atomic E-state index is 11.7. The third-order valence-corrected chi connectivity index (χ3v) is 3.64. The fourth-order valence-corrected chi connectivity index (χ4v) is 2.57. The van der Waals surface area contributed by atoms with Gasteiger partial charge in [-0.3, -0.25) is 4.79 Å². The molecule has 0 saturated carbocycles. The van der Waals surface area contributed by atoms with Crippen LogP contribution < -0.4 is 0 Å². The zero-order valence-electron chi connectivity index (χ0n) is 11.4. The van der Waals surface area contributed by atoms with E-state index in [2.05, 4.69) is 11.1 Å². The summed E-state index contributed by atoms with van der Waals surface area (Å²) in [5, 5.41) is 0. The van der Waals surface area contributed by atoms with Crippen LogP contribution in [0.1, 0.15) is 34.3 Å². The van der Waals surface area contributed by atoms with E-state index >= 15 is 0 Å². The fourth-order valence-electron chi connectivity index (χ4n) is 2.57. The first-order chi connectivity index (χ1) is 9.83. The van der Waals surface area contributed by atoms with Crippen molar-refractivity contribution < 1.29 is 9.53 Å². The lowest BCUT2D eigenvalue weighted by atomic mass is 9.89. The molecule has 0 aliphatic heterocycles. The molecule has 1 aromatic heterocycles. The molecule has 1 heterocycles. The number of carbonyl (C=O) groups is 1. The molecule has 0 radical (unpaired) electrons. The number of benzene rings is 1. The van der Waals surface area contributed by atoms with E-state index in [9.17, 15) is 4.79 Å². The van der Waals surface area contributed by atoms with Crippen LogP contribution in [0.5, 0.6) is 0 Å². The Morgan fingerprint density at radius 1 is 1.30 bits per heavy atom. The summed E-state index contributed by atoms with van der Waals surface area (Å²) >= 11 is 0. The molecule has 0 spiro atoms. The van der Waals surface area contributed by atoms with Crippen molar-refractivity contribution in [3.8, 4) is 0 Å². The fraction of sp³-hybridized carbons (Fsp3) is 0.375. The highest BCUT2D eigenvalue weighted by atomic mass is 16.5. The minimum absolute atomic E-state index is 0.277. The molecule has 0 fully saturated rings. The number of Topliss-reactive ketones (excluding diaryl/α,β-unsaturated/α-hetero) is 1. The van der Waals surface area contributed by atoms with Gasteiger partial charge < -0.3 is 9.30 Å². The van der Waals surface area contributed by atoms with Crippen LogP contribution in [0.25, 0.3) is 0 Å². The maximum atomic E-state index is 11.7. The Morgan fingerprint density at radius 2 is 2.25 bits per heavy atom. The summed E-state index contributed by atoms with van der Waals surface area (Å²) in [6.07, 6.45) is 8.14. The molecule has 1 aliphatic rings. The molecule has 0 bridgehead atoms. The normalized spacial score (nSPS) is 14.3. The van der Waals surface area contributed by atoms with E-state index in [1.54, 1.807) is 12.5 Å². The van der Waals surface area contributed by atoms with Gasteiger partial charge in [-0.25, -0.2) is 4.98 Å². The topological polar surface area (TPSA) is 44.1 Å². The van der Waals surface area contributed by atoms with Crippen molar-refractivity contribution in [3.63, 3.8) is 0 Å².